The quantitative estimate of drug-likeness (QED) is 0.414. The summed E-state index contributed by atoms with van der Waals surface area (Å²) in [6.07, 6.45) is 2.46. The van der Waals surface area contributed by atoms with Crippen molar-refractivity contribution in [3.63, 3.8) is 0 Å². The maximum Gasteiger partial charge on any atom is 0.0798 e. The Morgan fingerprint density at radius 2 is 1.48 bits per heavy atom. The number of nitrogens with one attached hydrogen (secondary N) is 3. The van der Waals surface area contributed by atoms with Crippen LogP contribution in [0.2, 0.25) is 0 Å². The van der Waals surface area contributed by atoms with Gasteiger partial charge in [-0.25, -0.2) is 0 Å². The molecule has 0 atom stereocenters. The van der Waals surface area contributed by atoms with E-state index in [0.717, 1.165) is 76.1 Å². The lowest BCUT2D eigenvalue weighted by Crippen LogP contribution is -3.00. The standard InChI is InChI=1S/C19H44N5.BrH/c1-4-24(5-2,6-3)19-9-17-23-16-8-12-21-14-13-20-10-7-11-22-15-18-23;/h20-22H,4-19H2,1-3H3;1H/q+1;/p-1/i15T2,18T2;. The van der Waals surface area contributed by atoms with Gasteiger partial charge < -0.3 is 42.3 Å². The number of nitrogens with zero attached hydrogens (tertiary/aromatic N) is 2. The van der Waals surface area contributed by atoms with Gasteiger partial charge in [0.05, 0.1) is 26.2 Å². The van der Waals surface area contributed by atoms with Crippen molar-refractivity contribution in [2.45, 2.75) is 40.0 Å². The fraction of sp³-hybridized carbons (Fsp3) is 1.00. The second-order valence-electron chi connectivity index (χ2n) is 6.73. The summed E-state index contributed by atoms with van der Waals surface area (Å²) in [5, 5.41) is 9.55. The van der Waals surface area contributed by atoms with Crippen molar-refractivity contribution in [2.75, 3.05) is 85.0 Å². The van der Waals surface area contributed by atoms with Crippen molar-refractivity contribution in [1.82, 2.24) is 20.9 Å². The lowest BCUT2D eigenvalue weighted by atomic mass is 10.2. The van der Waals surface area contributed by atoms with Crippen molar-refractivity contribution < 1.29 is 26.9 Å². The maximum absolute atomic E-state index is 8.60. The molecule has 0 amide bonds. The van der Waals surface area contributed by atoms with E-state index in [9.17, 15) is 0 Å². The molecule has 1 aliphatic heterocycles. The molecular weight excluding hydrogens is 378 g/mol. The van der Waals surface area contributed by atoms with Gasteiger partial charge in [-0.1, -0.05) is 0 Å². The zero-order chi connectivity index (χ0) is 21.1. The van der Waals surface area contributed by atoms with Crippen molar-refractivity contribution in [3.8, 4) is 0 Å². The van der Waals surface area contributed by atoms with E-state index in [0.29, 0.717) is 19.6 Å². The molecule has 1 rings (SSSR count). The van der Waals surface area contributed by atoms with Gasteiger partial charge in [-0.15, -0.1) is 0 Å². The minimum absolute atomic E-state index is 0. The molecule has 0 aromatic heterocycles. The predicted octanol–water partition coefficient (Wildman–Crippen LogP) is -1.88. The van der Waals surface area contributed by atoms with E-state index in [1.807, 2.05) is 0 Å². The minimum Gasteiger partial charge on any atom is -1.00 e. The number of halogens is 1. The molecule has 1 saturated heterocycles. The van der Waals surface area contributed by atoms with Crippen molar-refractivity contribution in [3.05, 3.63) is 0 Å². The Morgan fingerprint density at radius 3 is 2.12 bits per heavy atom. The van der Waals surface area contributed by atoms with Crippen molar-refractivity contribution in [2.24, 2.45) is 0 Å². The summed E-state index contributed by atoms with van der Waals surface area (Å²) in [6.45, 7) is 11.8. The summed E-state index contributed by atoms with van der Waals surface area (Å²) in [7, 11) is 0. The van der Waals surface area contributed by atoms with E-state index in [1.54, 1.807) is 4.90 Å². The van der Waals surface area contributed by atoms with Gasteiger partial charge in [0, 0.05) is 44.5 Å². The zero-order valence-corrected chi connectivity index (χ0v) is 18.3. The minimum atomic E-state index is -2.09. The van der Waals surface area contributed by atoms with E-state index >= 15 is 0 Å². The first-order chi connectivity index (χ1) is 13.2. The average Bonchev–Trinajstić information content (AvgIpc) is 2.67. The molecule has 0 aromatic carbocycles. The van der Waals surface area contributed by atoms with Gasteiger partial charge >= 0.3 is 0 Å². The SMILES string of the molecule is [3H]C1([3H])NCCCNCCNCCCN(CCC[N+](CC)(CC)CC)C1([3H])[3H].[Br-]. The van der Waals surface area contributed by atoms with Gasteiger partial charge in [-0.2, -0.15) is 0 Å². The predicted molar refractivity (Wildman–Crippen MR) is 106 cm³/mol. The molecule has 1 heterocycles. The molecule has 0 bridgehead atoms. The highest BCUT2D eigenvalue weighted by molar-refractivity contribution is 4.64. The Hall–Kier alpha value is 0.280. The molecule has 1 fully saturated rings. The molecule has 0 aliphatic carbocycles. The summed E-state index contributed by atoms with van der Waals surface area (Å²) >= 11 is 0. The molecule has 5 nitrogen and oxygen atoms in total. The van der Waals surface area contributed by atoms with Gasteiger partial charge in [0.15, 0.2) is 0 Å². The molecule has 0 spiro atoms. The molecule has 0 unspecified atom stereocenters. The molecule has 3 N–H and O–H groups in total. The van der Waals surface area contributed by atoms with E-state index < -0.39 is 13.0 Å². The van der Waals surface area contributed by atoms with Crippen LogP contribution in [-0.2, 0) is 0 Å². The fourth-order valence-electron chi connectivity index (χ4n) is 3.27. The van der Waals surface area contributed by atoms with Crippen LogP contribution >= 0.6 is 0 Å². The van der Waals surface area contributed by atoms with Crippen LogP contribution in [0.4, 0.5) is 0 Å². The van der Waals surface area contributed by atoms with Gasteiger partial charge in [0.25, 0.3) is 0 Å². The summed E-state index contributed by atoms with van der Waals surface area (Å²) < 4.78 is 34.9. The second-order valence-corrected chi connectivity index (χ2v) is 6.73. The largest absolute Gasteiger partial charge is 1.00 e. The van der Waals surface area contributed by atoms with E-state index in [2.05, 4.69) is 36.7 Å². The highest BCUT2D eigenvalue weighted by Gasteiger charge is 2.20. The number of quaternary nitrogens is 1. The topological polar surface area (TPSA) is 39.3 Å². The van der Waals surface area contributed by atoms with Crippen molar-refractivity contribution in [1.29, 1.82) is 0 Å². The van der Waals surface area contributed by atoms with E-state index in [1.165, 1.54) is 0 Å². The Labute approximate surface area is 173 Å². The number of hydrogen-bond donors (Lipinski definition) is 3. The first-order valence-electron chi connectivity index (χ1n) is 12.0. The lowest BCUT2D eigenvalue weighted by Gasteiger charge is -2.36. The van der Waals surface area contributed by atoms with Crippen LogP contribution in [0.3, 0.4) is 0 Å². The second kappa shape index (κ2) is 16.5. The fourth-order valence-corrected chi connectivity index (χ4v) is 3.27. The third-order valence-electron chi connectivity index (χ3n) is 5.29. The summed E-state index contributed by atoms with van der Waals surface area (Å²) in [4.78, 5) is 1.72. The molecule has 1 aliphatic rings. The molecule has 152 valence electrons. The Kier molecular flexibility index (Phi) is 12.3. The third kappa shape index (κ3) is 11.6. The molecule has 0 aromatic rings. The summed E-state index contributed by atoms with van der Waals surface area (Å²) in [5.41, 5.74) is 0. The maximum atomic E-state index is 8.60. The van der Waals surface area contributed by atoms with Gasteiger partial charge in [-0.05, 0) is 59.8 Å². The molecule has 0 saturated carbocycles. The smallest absolute Gasteiger partial charge is 0.0798 e. The third-order valence-corrected chi connectivity index (χ3v) is 5.29. The van der Waals surface area contributed by atoms with Crippen LogP contribution in [0.25, 0.3) is 0 Å². The van der Waals surface area contributed by atoms with Crippen molar-refractivity contribution >= 4 is 0 Å². The molecule has 6 heteroatoms. The van der Waals surface area contributed by atoms with Crippen LogP contribution in [0, 0.1) is 0 Å². The Balaban J connectivity index is 0.00000784. The van der Waals surface area contributed by atoms with Crippen LogP contribution in [-0.4, -0.2) is 94.4 Å². The van der Waals surface area contributed by atoms with Gasteiger partial charge in [0.1, 0.15) is 0 Å². The Bertz CT molecular complexity index is 417. The first kappa shape index (κ1) is 18.6. The van der Waals surface area contributed by atoms with Gasteiger partial charge in [0.2, 0.25) is 0 Å². The molecular formula is C19H44BrN5. The van der Waals surface area contributed by atoms with Crippen LogP contribution < -0.4 is 32.9 Å². The highest BCUT2D eigenvalue weighted by Crippen LogP contribution is 2.08. The lowest BCUT2D eigenvalue weighted by molar-refractivity contribution is -0.923. The van der Waals surface area contributed by atoms with Crippen LogP contribution in [0.5, 0.6) is 0 Å². The number of hydrogen-bond acceptors (Lipinski definition) is 4. The highest BCUT2D eigenvalue weighted by atomic mass is 79.9. The normalized spacial score (nSPS) is 26.2. The average molecular weight is 431 g/mol. The summed E-state index contributed by atoms with van der Waals surface area (Å²) in [5.74, 6) is 0. The van der Waals surface area contributed by atoms with Crippen LogP contribution in [0.15, 0.2) is 0 Å². The van der Waals surface area contributed by atoms with Gasteiger partial charge in [-0.3, -0.25) is 0 Å². The monoisotopic (exact) mass is 429 g/mol. The summed E-state index contributed by atoms with van der Waals surface area (Å²) in [6, 6.07) is 0. The van der Waals surface area contributed by atoms with Crippen LogP contribution in [0.1, 0.15) is 45.5 Å². The van der Waals surface area contributed by atoms with E-state index in [4.69, 9.17) is 5.48 Å². The molecule has 0 radical (unpaired) electrons. The first-order valence-corrected chi connectivity index (χ1v) is 10.0. The van der Waals surface area contributed by atoms with E-state index in [-0.39, 0.29) is 17.0 Å². The number of rotatable bonds is 7. The molecule has 25 heavy (non-hydrogen) atoms. The zero-order valence-electron chi connectivity index (χ0n) is 20.7. The Morgan fingerprint density at radius 1 is 0.880 bits per heavy atom.